The van der Waals surface area contributed by atoms with E-state index in [1.807, 2.05) is 0 Å². The van der Waals surface area contributed by atoms with Crippen LogP contribution < -0.4 is 4.72 Å². The van der Waals surface area contributed by atoms with Gasteiger partial charge in [0.15, 0.2) is 0 Å². The number of aliphatic hydroxyl groups excluding tert-OH is 1. The third-order valence-corrected chi connectivity index (χ3v) is 3.04. The standard InChI is InChI=1S/C7H9BrN2O3S/c8-6-3-7(5-9-4-6)10-14(12,13)2-1-11/h3-5,10-11H,1-2H2. The summed E-state index contributed by atoms with van der Waals surface area (Å²) in [5.74, 6) is -0.320. The Kier molecular flexibility index (Phi) is 3.85. The fraction of sp³-hybridized carbons (Fsp3) is 0.286. The Morgan fingerprint density at radius 3 is 2.79 bits per heavy atom. The lowest BCUT2D eigenvalue weighted by atomic mass is 10.4. The van der Waals surface area contributed by atoms with Crippen LogP contribution in [0.3, 0.4) is 0 Å². The molecule has 1 aromatic rings. The maximum atomic E-state index is 11.2. The van der Waals surface area contributed by atoms with Crippen molar-refractivity contribution in [2.45, 2.75) is 0 Å². The van der Waals surface area contributed by atoms with Crippen LogP contribution in [0.2, 0.25) is 0 Å². The van der Waals surface area contributed by atoms with E-state index in [-0.39, 0.29) is 5.75 Å². The summed E-state index contributed by atoms with van der Waals surface area (Å²) in [5.41, 5.74) is 0.368. The molecule has 0 aliphatic heterocycles. The lowest BCUT2D eigenvalue weighted by Crippen LogP contribution is -2.18. The SMILES string of the molecule is O=S(=O)(CCO)Nc1cncc(Br)c1. The highest BCUT2D eigenvalue weighted by molar-refractivity contribution is 9.10. The van der Waals surface area contributed by atoms with E-state index in [9.17, 15) is 8.42 Å². The number of aromatic nitrogens is 1. The van der Waals surface area contributed by atoms with E-state index in [2.05, 4.69) is 25.6 Å². The van der Waals surface area contributed by atoms with Crippen LogP contribution in [0.4, 0.5) is 5.69 Å². The Bertz CT molecular complexity index is 407. The van der Waals surface area contributed by atoms with Crippen molar-refractivity contribution in [1.82, 2.24) is 4.98 Å². The zero-order valence-electron chi connectivity index (χ0n) is 7.14. The average molecular weight is 281 g/mol. The first kappa shape index (κ1) is 11.4. The summed E-state index contributed by atoms with van der Waals surface area (Å²) in [6, 6.07) is 1.59. The van der Waals surface area contributed by atoms with Gasteiger partial charge in [0.2, 0.25) is 10.0 Å². The van der Waals surface area contributed by atoms with Crippen molar-refractivity contribution in [3.63, 3.8) is 0 Å². The minimum Gasteiger partial charge on any atom is -0.395 e. The van der Waals surface area contributed by atoms with Gasteiger partial charge in [0.25, 0.3) is 0 Å². The number of sulfonamides is 1. The first-order valence-corrected chi connectivity index (χ1v) is 6.20. The lowest BCUT2D eigenvalue weighted by Gasteiger charge is -2.05. The summed E-state index contributed by atoms with van der Waals surface area (Å²) in [6.45, 7) is -0.406. The second kappa shape index (κ2) is 4.72. The molecule has 2 N–H and O–H groups in total. The molecule has 0 unspecified atom stereocenters. The highest BCUT2D eigenvalue weighted by Crippen LogP contribution is 2.14. The van der Waals surface area contributed by atoms with Gasteiger partial charge in [-0.1, -0.05) is 0 Å². The molecular weight excluding hydrogens is 272 g/mol. The van der Waals surface area contributed by atoms with Crippen LogP contribution in [0.25, 0.3) is 0 Å². The first-order chi connectivity index (χ1) is 6.53. The Hall–Kier alpha value is -0.660. The number of anilines is 1. The van der Waals surface area contributed by atoms with Crippen LogP contribution >= 0.6 is 15.9 Å². The van der Waals surface area contributed by atoms with Gasteiger partial charge in [-0.3, -0.25) is 9.71 Å². The van der Waals surface area contributed by atoms with Crippen molar-refractivity contribution in [3.05, 3.63) is 22.9 Å². The van der Waals surface area contributed by atoms with E-state index in [1.54, 1.807) is 12.3 Å². The highest BCUT2D eigenvalue weighted by Gasteiger charge is 2.09. The van der Waals surface area contributed by atoms with E-state index >= 15 is 0 Å². The molecule has 14 heavy (non-hydrogen) atoms. The summed E-state index contributed by atoms with van der Waals surface area (Å²) in [7, 11) is -3.46. The number of pyridine rings is 1. The highest BCUT2D eigenvalue weighted by atomic mass is 79.9. The summed E-state index contributed by atoms with van der Waals surface area (Å²) in [6.07, 6.45) is 2.93. The quantitative estimate of drug-likeness (QED) is 0.846. The topological polar surface area (TPSA) is 79.3 Å². The van der Waals surface area contributed by atoms with Gasteiger partial charge in [0.05, 0.1) is 24.2 Å². The minimum atomic E-state index is -3.46. The van der Waals surface area contributed by atoms with Crippen molar-refractivity contribution >= 4 is 31.6 Å². The fourth-order valence-electron chi connectivity index (χ4n) is 0.818. The van der Waals surface area contributed by atoms with Gasteiger partial charge in [0.1, 0.15) is 0 Å². The van der Waals surface area contributed by atoms with Crippen molar-refractivity contribution in [3.8, 4) is 0 Å². The van der Waals surface area contributed by atoms with Crippen LogP contribution in [0.15, 0.2) is 22.9 Å². The molecule has 0 amide bonds. The predicted octanol–water partition coefficient (Wildman–Crippen LogP) is 0.578. The van der Waals surface area contributed by atoms with Crippen molar-refractivity contribution in [2.24, 2.45) is 0 Å². The van der Waals surface area contributed by atoms with Crippen molar-refractivity contribution in [2.75, 3.05) is 17.1 Å². The van der Waals surface area contributed by atoms with Gasteiger partial charge in [-0.05, 0) is 22.0 Å². The number of halogens is 1. The molecule has 0 atom stereocenters. The van der Waals surface area contributed by atoms with E-state index in [4.69, 9.17) is 5.11 Å². The molecule has 5 nitrogen and oxygen atoms in total. The molecule has 0 fully saturated rings. The van der Waals surface area contributed by atoms with Crippen LogP contribution in [0.5, 0.6) is 0 Å². The third kappa shape index (κ3) is 3.60. The molecule has 0 aliphatic carbocycles. The molecule has 1 aromatic heterocycles. The fourth-order valence-corrected chi connectivity index (χ4v) is 2.00. The number of hydrogen-bond donors (Lipinski definition) is 2. The van der Waals surface area contributed by atoms with Gasteiger partial charge < -0.3 is 5.11 Å². The third-order valence-electron chi connectivity index (χ3n) is 1.34. The Balaban J connectivity index is 2.79. The van der Waals surface area contributed by atoms with E-state index in [0.717, 1.165) is 0 Å². The molecule has 78 valence electrons. The summed E-state index contributed by atoms with van der Waals surface area (Å²) in [5, 5.41) is 8.49. The summed E-state index contributed by atoms with van der Waals surface area (Å²) in [4.78, 5) is 3.79. The molecule has 0 spiro atoms. The van der Waals surface area contributed by atoms with Crippen LogP contribution in [0, 0.1) is 0 Å². The Morgan fingerprint density at radius 2 is 2.21 bits per heavy atom. The van der Waals surface area contributed by atoms with Crippen LogP contribution in [0.1, 0.15) is 0 Å². The summed E-state index contributed by atoms with van der Waals surface area (Å²) >= 11 is 3.16. The Labute approximate surface area is 90.4 Å². The van der Waals surface area contributed by atoms with Gasteiger partial charge >= 0.3 is 0 Å². The molecule has 0 saturated heterocycles. The first-order valence-electron chi connectivity index (χ1n) is 3.75. The summed E-state index contributed by atoms with van der Waals surface area (Å²) < 4.78 is 25.4. The zero-order chi connectivity index (χ0) is 10.6. The maximum Gasteiger partial charge on any atom is 0.235 e. The van der Waals surface area contributed by atoms with Crippen LogP contribution in [-0.2, 0) is 10.0 Å². The molecule has 0 aliphatic rings. The minimum absolute atomic E-state index is 0.320. The monoisotopic (exact) mass is 280 g/mol. The number of nitrogens with one attached hydrogen (secondary N) is 1. The van der Waals surface area contributed by atoms with Crippen LogP contribution in [-0.4, -0.2) is 30.9 Å². The average Bonchev–Trinajstić information content (AvgIpc) is 2.02. The second-order valence-electron chi connectivity index (χ2n) is 2.54. The molecule has 7 heteroatoms. The van der Waals surface area contributed by atoms with Gasteiger partial charge in [-0.25, -0.2) is 8.42 Å². The van der Waals surface area contributed by atoms with Gasteiger partial charge in [0, 0.05) is 10.7 Å². The molecule has 0 saturated carbocycles. The molecule has 0 aromatic carbocycles. The molecule has 1 rings (SSSR count). The largest absolute Gasteiger partial charge is 0.395 e. The van der Waals surface area contributed by atoms with E-state index in [1.165, 1.54) is 6.20 Å². The van der Waals surface area contributed by atoms with Crippen molar-refractivity contribution < 1.29 is 13.5 Å². The molecular formula is C7H9BrN2O3S. The van der Waals surface area contributed by atoms with Gasteiger partial charge in [-0.15, -0.1) is 0 Å². The second-order valence-corrected chi connectivity index (χ2v) is 5.29. The van der Waals surface area contributed by atoms with E-state index in [0.29, 0.717) is 10.2 Å². The molecule has 0 bridgehead atoms. The van der Waals surface area contributed by atoms with Crippen molar-refractivity contribution in [1.29, 1.82) is 0 Å². The number of hydrogen-bond acceptors (Lipinski definition) is 4. The van der Waals surface area contributed by atoms with Gasteiger partial charge in [-0.2, -0.15) is 0 Å². The predicted molar refractivity (Wildman–Crippen MR) is 56.4 cm³/mol. The van der Waals surface area contributed by atoms with E-state index < -0.39 is 16.6 Å². The lowest BCUT2D eigenvalue weighted by molar-refractivity contribution is 0.320. The molecule has 1 heterocycles. The normalized spacial score (nSPS) is 11.3. The number of rotatable bonds is 4. The smallest absolute Gasteiger partial charge is 0.235 e. The zero-order valence-corrected chi connectivity index (χ0v) is 9.55. The number of aliphatic hydroxyl groups is 1. The number of nitrogens with zero attached hydrogens (tertiary/aromatic N) is 1. The molecule has 0 radical (unpaired) electrons. The maximum absolute atomic E-state index is 11.2. The Morgan fingerprint density at radius 1 is 1.50 bits per heavy atom.